The van der Waals surface area contributed by atoms with E-state index in [-0.39, 0.29) is 0 Å². The average molecular weight is 301 g/mol. The van der Waals surface area contributed by atoms with Crippen LogP contribution in [-0.4, -0.2) is 13.3 Å². The summed E-state index contributed by atoms with van der Waals surface area (Å²) in [5, 5.41) is 0. The Morgan fingerprint density at radius 2 is 0.706 bits per heavy atom. The van der Waals surface area contributed by atoms with Crippen LogP contribution in [0.1, 0.15) is 81.1 Å². The summed E-state index contributed by atoms with van der Waals surface area (Å²) in [4.78, 5) is 0. The molecule has 0 fully saturated rings. The molecule has 0 amide bonds. The van der Waals surface area contributed by atoms with Gasteiger partial charge in [0.1, 0.15) is 0 Å². The summed E-state index contributed by atoms with van der Waals surface area (Å²) in [6.45, 7) is 20.0. The Bertz CT molecular complexity index is 154. The van der Waals surface area contributed by atoms with Crippen LogP contribution in [-0.2, 0) is 0 Å². The van der Waals surface area contributed by atoms with Gasteiger partial charge in [-0.3, -0.25) is 0 Å². The van der Waals surface area contributed by atoms with Crippen molar-refractivity contribution in [3.63, 3.8) is 0 Å². The van der Waals surface area contributed by atoms with Crippen molar-refractivity contribution < 1.29 is 0 Å². The Morgan fingerprint density at radius 1 is 0.529 bits per heavy atom. The van der Waals surface area contributed by atoms with E-state index in [9.17, 15) is 0 Å². The van der Waals surface area contributed by atoms with Crippen molar-refractivity contribution in [2.75, 3.05) is 0 Å². The Kier molecular flexibility index (Phi) is 8.12. The zero-order valence-corrected chi connectivity index (χ0v) is 15.7. The van der Waals surface area contributed by atoms with Crippen molar-refractivity contribution in [3.8, 4) is 0 Å². The summed E-state index contributed by atoms with van der Waals surface area (Å²) in [6.07, 6.45) is 5.61. The van der Waals surface area contributed by atoms with E-state index >= 15 is 0 Å². The summed E-state index contributed by atoms with van der Waals surface area (Å²) >= 11 is -1.82. The molecule has 17 heavy (non-hydrogen) atoms. The summed E-state index contributed by atoms with van der Waals surface area (Å²) < 4.78 is 4.09. The van der Waals surface area contributed by atoms with E-state index in [0.717, 1.165) is 19.0 Å². The Balaban J connectivity index is 5.51. The van der Waals surface area contributed by atoms with Crippen LogP contribution in [0.4, 0.5) is 0 Å². The monoisotopic (exact) mass is 302 g/mol. The third-order valence-electron chi connectivity index (χ3n) is 5.86. The molecule has 0 N–H and O–H groups in total. The second-order valence-electron chi connectivity index (χ2n) is 6.24. The van der Waals surface area contributed by atoms with E-state index in [0.29, 0.717) is 0 Å². The maximum atomic E-state index is 2.57. The van der Waals surface area contributed by atoms with Gasteiger partial charge in [-0.2, -0.15) is 0 Å². The molecule has 0 radical (unpaired) electrons. The van der Waals surface area contributed by atoms with E-state index < -0.39 is 13.3 Å². The molecule has 4 atom stereocenters. The van der Waals surface area contributed by atoms with Crippen LogP contribution in [0.2, 0.25) is 19.0 Å². The topological polar surface area (TPSA) is 0 Å². The molecule has 0 aliphatic rings. The molecule has 0 aromatic rings. The summed E-state index contributed by atoms with van der Waals surface area (Å²) in [6, 6.07) is 0. The van der Waals surface area contributed by atoms with Gasteiger partial charge in [0.05, 0.1) is 0 Å². The molecular weight excluding hydrogens is 265 g/mol. The van der Waals surface area contributed by atoms with E-state index in [1.54, 1.807) is 0 Å². The molecule has 4 unspecified atom stereocenters. The third-order valence-corrected chi connectivity index (χ3v) is 23.6. The van der Waals surface area contributed by atoms with E-state index in [2.05, 4.69) is 55.4 Å². The van der Waals surface area contributed by atoms with E-state index in [1.807, 2.05) is 0 Å². The van der Waals surface area contributed by atoms with Crippen molar-refractivity contribution in [2.45, 2.75) is 100 Å². The second kappa shape index (κ2) is 7.86. The molecule has 0 saturated heterocycles. The molecule has 104 valence electrons. The molecule has 0 saturated carbocycles. The maximum absolute atomic E-state index is 2.57. The quantitative estimate of drug-likeness (QED) is 0.441. The molecular formula is C16H36Ge. The summed E-state index contributed by atoms with van der Waals surface area (Å²) in [7, 11) is 0. The molecule has 0 nitrogen and oxygen atoms in total. The molecule has 1 heteroatoms. The van der Waals surface area contributed by atoms with Crippen LogP contribution in [0, 0.1) is 0 Å². The number of rotatable bonds is 8. The first-order valence-corrected chi connectivity index (χ1v) is 12.8. The molecule has 0 aliphatic carbocycles. The zero-order chi connectivity index (χ0) is 13.6. The standard InChI is InChI=1S/C16H36Ge/c1-9-13(5)17(14(6)10-2,15(7)11-3)16(8)12-4/h13-16H,9-12H2,1-8H3. The van der Waals surface area contributed by atoms with Crippen molar-refractivity contribution in [3.05, 3.63) is 0 Å². The number of hydrogen-bond donors (Lipinski definition) is 0. The average Bonchev–Trinajstić information content (AvgIpc) is 2.37. The first-order valence-electron chi connectivity index (χ1n) is 7.93. The van der Waals surface area contributed by atoms with Gasteiger partial charge in [0.2, 0.25) is 0 Å². The molecule has 0 aromatic carbocycles. The van der Waals surface area contributed by atoms with Crippen LogP contribution in [0.5, 0.6) is 0 Å². The Hall–Kier alpha value is 0.543. The molecule has 0 aromatic heterocycles. The van der Waals surface area contributed by atoms with Gasteiger partial charge in [-0.1, -0.05) is 0 Å². The normalized spacial score (nSPS) is 22.6. The molecule has 0 heterocycles. The van der Waals surface area contributed by atoms with Gasteiger partial charge in [-0.05, 0) is 0 Å². The fourth-order valence-electron chi connectivity index (χ4n) is 4.33. The van der Waals surface area contributed by atoms with Crippen LogP contribution < -0.4 is 0 Å². The van der Waals surface area contributed by atoms with Crippen molar-refractivity contribution in [2.24, 2.45) is 0 Å². The molecule has 0 bridgehead atoms. The second-order valence-corrected chi connectivity index (χ2v) is 18.7. The van der Waals surface area contributed by atoms with Gasteiger partial charge in [-0.25, -0.2) is 0 Å². The minimum atomic E-state index is -1.82. The van der Waals surface area contributed by atoms with Crippen LogP contribution in [0.3, 0.4) is 0 Å². The van der Waals surface area contributed by atoms with E-state index in [4.69, 9.17) is 0 Å². The fourth-order valence-corrected chi connectivity index (χ4v) is 22.5. The first kappa shape index (κ1) is 17.5. The number of hydrogen-bond acceptors (Lipinski definition) is 0. The Morgan fingerprint density at radius 3 is 0.824 bits per heavy atom. The fraction of sp³-hybridized carbons (Fsp3) is 1.00. The molecule has 0 aliphatic heterocycles. The molecule has 0 spiro atoms. The van der Waals surface area contributed by atoms with Crippen molar-refractivity contribution in [1.29, 1.82) is 0 Å². The molecule has 0 rings (SSSR count). The predicted octanol–water partition coefficient (Wildman–Crippen LogP) is 6.64. The third kappa shape index (κ3) is 3.30. The minimum absolute atomic E-state index is 1.02. The van der Waals surface area contributed by atoms with Gasteiger partial charge in [-0.15, -0.1) is 0 Å². The van der Waals surface area contributed by atoms with E-state index in [1.165, 1.54) is 25.7 Å². The summed E-state index contributed by atoms with van der Waals surface area (Å²) in [5.41, 5.74) is 0. The SMILES string of the molecule is CC[CH](C)[Ge]([CH](C)CC)([CH](C)CC)[CH](C)CC. The summed E-state index contributed by atoms with van der Waals surface area (Å²) in [5.74, 6) is 0. The van der Waals surface area contributed by atoms with Gasteiger partial charge in [0.15, 0.2) is 0 Å². The first-order chi connectivity index (χ1) is 7.93. The van der Waals surface area contributed by atoms with Gasteiger partial charge in [0.25, 0.3) is 0 Å². The van der Waals surface area contributed by atoms with Gasteiger partial charge < -0.3 is 0 Å². The van der Waals surface area contributed by atoms with Crippen molar-refractivity contribution >= 4 is 13.3 Å². The Labute approximate surface area is 113 Å². The predicted molar refractivity (Wildman–Crippen MR) is 84.6 cm³/mol. The van der Waals surface area contributed by atoms with Crippen LogP contribution in [0.15, 0.2) is 0 Å². The van der Waals surface area contributed by atoms with Gasteiger partial charge in [0, 0.05) is 0 Å². The van der Waals surface area contributed by atoms with Gasteiger partial charge >= 0.3 is 113 Å². The zero-order valence-electron chi connectivity index (χ0n) is 13.6. The van der Waals surface area contributed by atoms with Crippen molar-refractivity contribution in [1.82, 2.24) is 0 Å². The van der Waals surface area contributed by atoms with Crippen LogP contribution in [0.25, 0.3) is 0 Å². The van der Waals surface area contributed by atoms with Crippen LogP contribution >= 0.6 is 0 Å².